The van der Waals surface area contributed by atoms with Crippen LogP contribution >= 0.6 is 22.9 Å². The minimum absolute atomic E-state index is 0.190. The number of para-hydroxylation sites is 2. The molecule has 4 rings (SSSR count). The molecule has 0 atom stereocenters. The number of nitrogens with one attached hydrogen (secondary N) is 2. The van der Waals surface area contributed by atoms with Crippen molar-refractivity contribution in [3.8, 4) is 0 Å². The molecule has 1 aromatic heterocycles. The van der Waals surface area contributed by atoms with E-state index < -0.39 is 0 Å². The Balaban J connectivity index is 1.46. The Labute approximate surface area is 182 Å². The van der Waals surface area contributed by atoms with Crippen LogP contribution in [0.5, 0.6) is 0 Å². The molecular weight excluding hydrogens is 418 g/mol. The molecule has 0 bridgehead atoms. The molecule has 0 aliphatic heterocycles. The van der Waals surface area contributed by atoms with Gasteiger partial charge in [-0.1, -0.05) is 41.9 Å². The zero-order valence-corrected chi connectivity index (χ0v) is 17.4. The zero-order valence-electron chi connectivity index (χ0n) is 15.8. The average molecular weight is 436 g/mol. The number of benzene rings is 3. The van der Waals surface area contributed by atoms with Gasteiger partial charge in [0.1, 0.15) is 0 Å². The summed E-state index contributed by atoms with van der Waals surface area (Å²) >= 11 is 7.33. The SMILES string of the molecule is Nc1ccccc1NC(=O)c1cc2ccc(CNC(=O)c3cccc(Cl)c3)cc2s1. The van der Waals surface area contributed by atoms with E-state index in [0.29, 0.717) is 33.4 Å². The highest BCUT2D eigenvalue weighted by atomic mass is 35.5. The lowest BCUT2D eigenvalue weighted by Gasteiger charge is -2.06. The highest BCUT2D eigenvalue weighted by molar-refractivity contribution is 7.20. The summed E-state index contributed by atoms with van der Waals surface area (Å²) in [5.74, 6) is -0.394. The molecule has 0 radical (unpaired) electrons. The molecule has 7 heteroatoms. The molecule has 30 heavy (non-hydrogen) atoms. The van der Waals surface area contributed by atoms with Gasteiger partial charge in [0.2, 0.25) is 0 Å². The van der Waals surface area contributed by atoms with Crippen LogP contribution in [-0.4, -0.2) is 11.8 Å². The number of hydrogen-bond acceptors (Lipinski definition) is 4. The molecule has 0 unspecified atom stereocenters. The molecule has 0 saturated carbocycles. The van der Waals surface area contributed by atoms with Gasteiger partial charge in [0.15, 0.2) is 0 Å². The van der Waals surface area contributed by atoms with Crippen molar-refractivity contribution < 1.29 is 9.59 Å². The summed E-state index contributed by atoms with van der Waals surface area (Å²) in [5, 5.41) is 7.22. The first-order valence-electron chi connectivity index (χ1n) is 9.22. The van der Waals surface area contributed by atoms with Gasteiger partial charge in [0, 0.05) is 21.8 Å². The first-order valence-corrected chi connectivity index (χ1v) is 10.4. The molecule has 3 aromatic carbocycles. The Bertz CT molecular complexity index is 1250. The van der Waals surface area contributed by atoms with Crippen LogP contribution in [0, 0.1) is 0 Å². The number of anilines is 2. The lowest BCUT2D eigenvalue weighted by molar-refractivity contribution is 0.0950. The van der Waals surface area contributed by atoms with Crippen LogP contribution in [-0.2, 0) is 6.54 Å². The number of rotatable bonds is 5. The molecule has 5 nitrogen and oxygen atoms in total. The first-order chi connectivity index (χ1) is 14.5. The number of amides is 2. The third kappa shape index (κ3) is 4.45. The number of nitrogens with two attached hydrogens (primary N) is 1. The predicted molar refractivity (Wildman–Crippen MR) is 123 cm³/mol. The Kier molecular flexibility index (Phi) is 5.70. The lowest BCUT2D eigenvalue weighted by atomic mass is 10.1. The van der Waals surface area contributed by atoms with E-state index >= 15 is 0 Å². The summed E-state index contributed by atoms with van der Waals surface area (Å²) in [6.07, 6.45) is 0. The highest BCUT2D eigenvalue weighted by Crippen LogP contribution is 2.28. The molecule has 0 aliphatic rings. The molecule has 0 aliphatic carbocycles. The minimum Gasteiger partial charge on any atom is -0.397 e. The van der Waals surface area contributed by atoms with Crippen molar-refractivity contribution in [2.75, 3.05) is 11.1 Å². The second kappa shape index (κ2) is 8.57. The van der Waals surface area contributed by atoms with Crippen LogP contribution in [0.25, 0.3) is 10.1 Å². The fraction of sp³-hybridized carbons (Fsp3) is 0.0435. The average Bonchev–Trinajstić information content (AvgIpc) is 3.17. The monoisotopic (exact) mass is 435 g/mol. The van der Waals surface area contributed by atoms with Gasteiger partial charge in [-0.2, -0.15) is 0 Å². The van der Waals surface area contributed by atoms with Crippen LogP contribution in [0.4, 0.5) is 11.4 Å². The maximum Gasteiger partial charge on any atom is 0.265 e. The summed E-state index contributed by atoms with van der Waals surface area (Å²) in [5.41, 5.74) is 8.46. The van der Waals surface area contributed by atoms with Gasteiger partial charge in [-0.15, -0.1) is 11.3 Å². The van der Waals surface area contributed by atoms with E-state index in [9.17, 15) is 9.59 Å². The van der Waals surface area contributed by atoms with Gasteiger partial charge >= 0.3 is 0 Å². The van der Waals surface area contributed by atoms with Crippen LogP contribution in [0.3, 0.4) is 0 Å². The molecule has 1 heterocycles. The third-order valence-corrected chi connectivity index (χ3v) is 5.89. The van der Waals surface area contributed by atoms with Crippen molar-refractivity contribution in [3.05, 3.63) is 93.8 Å². The minimum atomic E-state index is -0.204. The number of hydrogen-bond donors (Lipinski definition) is 3. The number of halogens is 1. The van der Waals surface area contributed by atoms with Gasteiger partial charge in [0.05, 0.1) is 16.3 Å². The van der Waals surface area contributed by atoms with E-state index in [1.165, 1.54) is 11.3 Å². The lowest BCUT2D eigenvalue weighted by Crippen LogP contribution is -2.22. The van der Waals surface area contributed by atoms with Gasteiger partial charge in [-0.3, -0.25) is 9.59 Å². The number of nitrogen functional groups attached to an aromatic ring is 1. The molecule has 4 N–H and O–H groups in total. The van der Waals surface area contributed by atoms with Crippen molar-refractivity contribution in [3.63, 3.8) is 0 Å². The van der Waals surface area contributed by atoms with Crippen molar-refractivity contribution in [1.82, 2.24) is 5.32 Å². The molecule has 4 aromatic rings. The van der Waals surface area contributed by atoms with Crippen molar-refractivity contribution in [2.45, 2.75) is 6.54 Å². The molecule has 150 valence electrons. The normalized spacial score (nSPS) is 10.7. The van der Waals surface area contributed by atoms with Gasteiger partial charge in [0.25, 0.3) is 11.8 Å². The number of carbonyl (C=O) groups is 2. The fourth-order valence-corrected chi connectivity index (χ4v) is 4.22. The zero-order chi connectivity index (χ0) is 21.1. The first kappa shape index (κ1) is 19.9. The van der Waals surface area contributed by atoms with Crippen molar-refractivity contribution in [1.29, 1.82) is 0 Å². The predicted octanol–water partition coefficient (Wildman–Crippen LogP) is 5.32. The Morgan fingerprint density at radius 2 is 1.77 bits per heavy atom. The highest BCUT2D eigenvalue weighted by Gasteiger charge is 2.12. The molecule has 2 amide bonds. The Morgan fingerprint density at radius 1 is 0.933 bits per heavy atom. The van der Waals surface area contributed by atoms with E-state index in [2.05, 4.69) is 10.6 Å². The van der Waals surface area contributed by atoms with E-state index in [0.717, 1.165) is 15.6 Å². The standard InChI is InChI=1S/C23H18ClN3O2S/c24-17-5-3-4-16(11-17)22(28)26-13-14-8-9-15-12-21(30-20(15)10-14)23(29)27-19-7-2-1-6-18(19)25/h1-12H,13,25H2,(H,26,28)(H,27,29). The smallest absolute Gasteiger partial charge is 0.265 e. The van der Waals surface area contributed by atoms with Gasteiger partial charge < -0.3 is 16.4 Å². The summed E-state index contributed by atoms with van der Waals surface area (Å²) in [4.78, 5) is 25.5. The van der Waals surface area contributed by atoms with Crippen molar-refractivity contribution >= 4 is 56.2 Å². The topological polar surface area (TPSA) is 84.2 Å². The summed E-state index contributed by atoms with van der Waals surface area (Å²) in [7, 11) is 0. The van der Waals surface area contributed by atoms with Crippen LogP contribution in [0.15, 0.2) is 72.8 Å². The van der Waals surface area contributed by atoms with Gasteiger partial charge in [-0.25, -0.2) is 0 Å². The number of fused-ring (bicyclic) bond motifs is 1. The maximum atomic E-state index is 12.6. The second-order valence-electron chi connectivity index (χ2n) is 6.72. The Hall–Kier alpha value is -3.35. The fourth-order valence-electron chi connectivity index (χ4n) is 3.01. The summed E-state index contributed by atoms with van der Waals surface area (Å²) < 4.78 is 0.968. The maximum absolute atomic E-state index is 12.6. The molecule has 0 saturated heterocycles. The van der Waals surface area contributed by atoms with E-state index in [4.69, 9.17) is 17.3 Å². The second-order valence-corrected chi connectivity index (χ2v) is 8.24. The Morgan fingerprint density at radius 3 is 2.57 bits per heavy atom. The summed E-state index contributed by atoms with van der Waals surface area (Å²) in [6.45, 7) is 0.376. The molecular formula is C23H18ClN3O2S. The van der Waals surface area contributed by atoms with Crippen LogP contribution in [0.1, 0.15) is 25.6 Å². The number of carbonyl (C=O) groups excluding carboxylic acids is 2. The van der Waals surface area contributed by atoms with E-state index in [-0.39, 0.29) is 11.8 Å². The van der Waals surface area contributed by atoms with E-state index in [1.807, 2.05) is 36.4 Å². The van der Waals surface area contributed by atoms with Crippen molar-refractivity contribution in [2.24, 2.45) is 0 Å². The van der Waals surface area contributed by atoms with Crippen LogP contribution < -0.4 is 16.4 Å². The molecule has 0 fully saturated rings. The third-order valence-electron chi connectivity index (χ3n) is 4.56. The molecule has 0 spiro atoms. The van der Waals surface area contributed by atoms with Gasteiger partial charge in [-0.05, 0) is 53.4 Å². The summed E-state index contributed by atoms with van der Waals surface area (Å²) in [6, 6.07) is 21.7. The number of thiophene rings is 1. The quantitative estimate of drug-likeness (QED) is 0.371. The largest absolute Gasteiger partial charge is 0.397 e. The van der Waals surface area contributed by atoms with Crippen LogP contribution in [0.2, 0.25) is 5.02 Å². The van der Waals surface area contributed by atoms with E-state index in [1.54, 1.807) is 36.4 Å².